The SMILES string of the molecule is CC[C@H]1CCCCN1C(=O)c1cccc(NC2=C(Cl)C(=O)N(CCc3ccccc3)C2=O)c1. The van der Waals surface area contributed by atoms with E-state index < -0.39 is 11.8 Å². The summed E-state index contributed by atoms with van der Waals surface area (Å²) in [6.45, 7) is 3.11. The summed E-state index contributed by atoms with van der Waals surface area (Å²) < 4.78 is 0. The van der Waals surface area contributed by atoms with E-state index in [0.717, 1.165) is 42.7 Å². The van der Waals surface area contributed by atoms with Crippen LogP contribution in [-0.2, 0) is 16.0 Å². The van der Waals surface area contributed by atoms with Crippen LogP contribution in [0.5, 0.6) is 0 Å². The summed E-state index contributed by atoms with van der Waals surface area (Å²) in [6.07, 6.45) is 4.67. The van der Waals surface area contributed by atoms with E-state index in [-0.39, 0.29) is 29.2 Å². The van der Waals surface area contributed by atoms with Gasteiger partial charge in [0.25, 0.3) is 17.7 Å². The largest absolute Gasteiger partial charge is 0.350 e. The number of imide groups is 1. The normalized spacial score (nSPS) is 18.8. The zero-order valence-electron chi connectivity index (χ0n) is 18.7. The first kappa shape index (κ1) is 23.1. The molecule has 2 heterocycles. The molecule has 2 aromatic rings. The van der Waals surface area contributed by atoms with Gasteiger partial charge in [-0.1, -0.05) is 54.9 Å². The van der Waals surface area contributed by atoms with Gasteiger partial charge in [-0.05, 0) is 55.9 Å². The molecule has 7 heteroatoms. The maximum Gasteiger partial charge on any atom is 0.278 e. The Morgan fingerprint density at radius 2 is 1.85 bits per heavy atom. The molecule has 0 aromatic heterocycles. The standard InChI is InChI=1S/C26H28ClN3O3/c1-2-21-13-6-7-15-29(21)24(31)19-11-8-12-20(17-19)28-23-22(27)25(32)30(26(23)33)16-14-18-9-4-3-5-10-18/h3-5,8-12,17,21,28H,2,6-7,13-16H2,1H3/t21-/m0/s1. The molecule has 4 rings (SSSR count). The van der Waals surface area contributed by atoms with E-state index in [0.29, 0.717) is 17.7 Å². The monoisotopic (exact) mass is 465 g/mol. The van der Waals surface area contributed by atoms with Gasteiger partial charge in [-0.25, -0.2) is 0 Å². The number of nitrogens with zero attached hydrogens (tertiary/aromatic N) is 2. The molecule has 2 aromatic carbocycles. The summed E-state index contributed by atoms with van der Waals surface area (Å²) in [4.78, 5) is 41.8. The molecule has 0 aliphatic carbocycles. The first-order valence-corrected chi connectivity index (χ1v) is 11.9. The first-order chi connectivity index (χ1) is 16.0. The number of carbonyl (C=O) groups is 3. The van der Waals surface area contributed by atoms with Gasteiger partial charge < -0.3 is 10.2 Å². The molecule has 0 spiro atoms. The highest BCUT2D eigenvalue weighted by molar-refractivity contribution is 6.48. The average molecular weight is 466 g/mol. The number of benzene rings is 2. The van der Waals surface area contributed by atoms with Crippen molar-refractivity contribution < 1.29 is 14.4 Å². The molecule has 1 N–H and O–H groups in total. The van der Waals surface area contributed by atoms with Crippen molar-refractivity contribution in [3.05, 3.63) is 76.5 Å². The van der Waals surface area contributed by atoms with Crippen LogP contribution in [0.3, 0.4) is 0 Å². The van der Waals surface area contributed by atoms with Gasteiger partial charge in [0.1, 0.15) is 10.7 Å². The Morgan fingerprint density at radius 1 is 1.06 bits per heavy atom. The second kappa shape index (κ2) is 10.2. The van der Waals surface area contributed by atoms with E-state index in [2.05, 4.69) is 12.2 Å². The molecule has 0 unspecified atom stereocenters. The van der Waals surface area contributed by atoms with Crippen molar-refractivity contribution >= 4 is 35.0 Å². The summed E-state index contributed by atoms with van der Waals surface area (Å²) in [5.41, 5.74) is 2.17. The number of carbonyl (C=O) groups excluding carboxylic acids is 3. The van der Waals surface area contributed by atoms with E-state index in [4.69, 9.17) is 11.6 Å². The summed E-state index contributed by atoms with van der Waals surface area (Å²) >= 11 is 6.24. The van der Waals surface area contributed by atoms with Crippen molar-refractivity contribution in [1.82, 2.24) is 9.80 Å². The van der Waals surface area contributed by atoms with Gasteiger partial charge in [0, 0.05) is 30.4 Å². The van der Waals surface area contributed by atoms with Crippen LogP contribution >= 0.6 is 11.6 Å². The highest BCUT2D eigenvalue weighted by Crippen LogP contribution is 2.27. The van der Waals surface area contributed by atoms with Gasteiger partial charge in [-0.2, -0.15) is 0 Å². The van der Waals surface area contributed by atoms with Crippen LogP contribution in [0.2, 0.25) is 0 Å². The van der Waals surface area contributed by atoms with Gasteiger partial charge >= 0.3 is 0 Å². The molecule has 1 atom stereocenters. The minimum absolute atomic E-state index is 0.0106. The molecular weight excluding hydrogens is 438 g/mol. The van der Waals surface area contributed by atoms with Crippen LogP contribution in [0.15, 0.2) is 65.3 Å². The number of likely N-dealkylation sites (tertiary alicyclic amines) is 1. The topological polar surface area (TPSA) is 69.7 Å². The third-order valence-electron chi connectivity index (χ3n) is 6.32. The lowest BCUT2D eigenvalue weighted by Gasteiger charge is -2.35. The molecule has 33 heavy (non-hydrogen) atoms. The fraction of sp³-hybridized carbons (Fsp3) is 0.346. The molecule has 2 aliphatic rings. The molecule has 0 saturated carbocycles. The number of rotatable bonds is 7. The highest BCUT2D eigenvalue weighted by atomic mass is 35.5. The number of hydrogen-bond donors (Lipinski definition) is 1. The van der Waals surface area contributed by atoms with Gasteiger partial charge in [-0.15, -0.1) is 0 Å². The lowest BCUT2D eigenvalue weighted by Crippen LogP contribution is -2.43. The number of nitrogens with one attached hydrogen (secondary N) is 1. The van der Waals surface area contributed by atoms with E-state index in [1.807, 2.05) is 35.2 Å². The van der Waals surface area contributed by atoms with E-state index in [1.54, 1.807) is 24.3 Å². The number of hydrogen-bond acceptors (Lipinski definition) is 4. The number of piperidine rings is 1. The molecule has 2 aliphatic heterocycles. The Balaban J connectivity index is 1.46. The molecule has 6 nitrogen and oxygen atoms in total. The Kier molecular flexibility index (Phi) is 7.14. The predicted molar refractivity (Wildman–Crippen MR) is 129 cm³/mol. The second-order valence-corrected chi connectivity index (χ2v) is 8.83. The fourth-order valence-corrected chi connectivity index (χ4v) is 4.71. The predicted octanol–water partition coefficient (Wildman–Crippen LogP) is 4.57. The Hall–Kier alpha value is -3.12. The van der Waals surface area contributed by atoms with Crippen molar-refractivity contribution in [2.75, 3.05) is 18.4 Å². The van der Waals surface area contributed by atoms with Gasteiger partial charge in [0.15, 0.2) is 0 Å². The fourth-order valence-electron chi connectivity index (χ4n) is 4.48. The van der Waals surface area contributed by atoms with E-state index >= 15 is 0 Å². The van der Waals surface area contributed by atoms with Crippen LogP contribution < -0.4 is 5.32 Å². The minimum Gasteiger partial charge on any atom is -0.350 e. The Morgan fingerprint density at radius 3 is 2.61 bits per heavy atom. The zero-order valence-corrected chi connectivity index (χ0v) is 19.5. The third-order valence-corrected chi connectivity index (χ3v) is 6.67. The van der Waals surface area contributed by atoms with Crippen LogP contribution in [-0.4, -0.2) is 46.7 Å². The smallest absolute Gasteiger partial charge is 0.278 e. The number of anilines is 1. The lowest BCUT2D eigenvalue weighted by molar-refractivity contribution is -0.137. The summed E-state index contributed by atoms with van der Waals surface area (Å²) in [5.74, 6) is -0.977. The summed E-state index contributed by atoms with van der Waals surface area (Å²) in [6, 6.07) is 16.9. The van der Waals surface area contributed by atoms with E-state index in [1.165, 1.54) is 0 Å². The van der Waals surface area contributed by atoms with E-state index in [9.17, 15) is 14.4 Å². The summed E-state index contributed by atoms with van der Waals surface area (Å²) in [5, 5.41) is 2.85. The lowest BCUT2D eigenvalue weighted by atomic mass is 9.99. The van der Waals surface area contributed by atoms with Crippen molar-refractivity contribution in [2.45, 2.75) is 45.1 Å². The van der Waals surface area contributed by atoms with Gasteiger partial charge in [0.05, 0.1) is 0 Å². The van der Waals surface area contributed by atoms with Crippen molar-refractivity contribution in [3.63, 3.8) is 0 Å². The van der Waals surface area contributed by atoms with Crippen LogP contribution in [0, 0.1) is 0 Å². The maximum absolute atomic E-state index is 13.1. The van der Waals surface area contributed by atoms with Crippen LogP contribution in [0.4, 0.5) is 5.69 Å². The molecule has 0 radical (unpaired) electrons. The second-order valence-electron chi connectivity index (χ2n) is 8.45. The first-order valence-electron chi connectivity index (χ1n) is 11.5. The molecule has 172 valence electrons. The number of amides is 3. The zero-order chi connectivity index (χ0) is 23.4. The Labute approximate surface area is 199 Å². The van der Waals surface area contributed by atoms with Crippen LogP contribution in [0.1, 0.15) is 48.5 Å². The molecule has 0 bridgehead atoms. The van der Waals surface area contributed by atoms with Crippen molar-refractivity contribution in [2.24, 2.45) is 0 Å². The van der Waals surface area contributed by atoms with Gasteiger partial charge in [-0.3, -0.25) is 19.3 Å². The van der Waals surface area contributed by atoms with Crippen LogP contribution in [0.25, 0.3) is 0 Å². The average Bonchev–Trinajstić information content (AvgIpc) is 3.05. The Bertz CT molecular complexity index is 1080. The quantitative estimate of drug-likeness (QED) is 0.608. The van der Waals surface area contributed by atoms with Crippen molar-refractivity contribution in [1.29, 1.82) is 0 Å². The maximum atomic E-state index is 13.1. The molecular formula is C26H28ClN3O3. The number of halogens is 1. The van der Waals surface area contributed by atoms with Crippen molar-refractivity contribution in [3.8, 4) is 0 Å². The highest BCUT2D eigenvalue weighted by Gasteiger charge is 2.37. The minimum atomic E-state index is -0.508. The molecule has 1 saturated heterocycles. The molecule has 1 fully saturated rings. The molecule has 3 amide bonds. The van der Waals surface area contributed by atoms with Gasteiger partial charge in [0.2, 0.25) is 0 Å². The third kappa shape index (κ3) is 4.96. The summed E-state index contributed by atoms with van der Waals surface area (Å²) in [7, 11) is 0.